The topological polar surface area (TPSA) is 94.5 Å². The maximum absolute atomic E-state index is 13.9. The first-order chi connectivity index (χ1) is 14.6. The molecule has 10 heteroatoms. The van der Waals surface area contributed by atoms with E-state index < -0.39 is 5.82 Å². The van der Waals surface area contributed by atoms with E-state index in [0.717, 1.165) is 31.2 Å². The molecule has 1 aliphatic rings. The Bertz CT molecular complexity index is 1200. The van der Waals surface area contributed by atoms with Crippen molar-refractivity contribution in [3.63, 3.8) is 0 Å². The monoisotopic (exact) mass is 427 g/mol. The zero-order chi connectivity index (χ0) is 20.7. The maximum atomic E-state index is 13.9. The standard InChI is InChI=1S/C20H19ClFN7O/c21-16-6-3-14(8-17(16)22)29-20-18(26-27-29)10-23-19(25-20)7-12-9-24-28(11-12)13-1-4-15(30)5-2-13/h3,6,8-11,13,15,30H,1-2,4-5,7H2. The van der Waals surface area contributed by atoms with E-state index in [0.29, 0.717) is 35.1 Å². The van der Waals surface area contributed by atoms with Crippen LogP contribution in [0.3, 0.4) is 0 Å². The van der Waals surface area contributed by atoms with Crippen LogP contribution < -0.4 is 0 Å². The lowest BCUT2D eigenvalue weighted by molar-refractivity contribution is 0.108. The molecule has 30 heavy (non-hydrogen) atoms. The summed E-state index contributed by atoms with van der Waals surface area (Å²) < 4.78 is 17.3. The summed E-state index contributed by atoms with van der Waals surface area (Å²) in [6.45, 7) is 0. The van der Waals surface area contributed by atoms with Gasteiger partial charge in [0, 0.05) is 18.7 Å². The molecule has 0 spiro atoms. The van der Waals surface area contributed by atoms with Gasteiger partial charge in [0.05, 0.1) is 35.2 Å². The van der Waals surface area contributed by atoms with Crippen LogP contribution in [0, 0.1) is 5.82 Å². The molecule has 0 bridgehead atoms. The third kappa shape index (κ3) is 3.66. The van der Waals surface area contributed by atoms with Crippen LogP contribution in [-0.2, 0) is 6.42 Å². The highest BCUT2D eigenvalue weighted by atomic mass is 35.5. The van der Waals surface area contributed by atoms with Crippen molar-refractivity contribution in [1.82, 2.24) is 34.7 Å². The largest absolute Gasteiger partial charge is 0.393 e. The summed E-state index contributed by atoms with van der Waals surface area (Å²) in [6, 6.07) is 4.74. The van der Waals surface area contributed by atoms with Crippen molar-refractivity contribution in [3.8, 4) is 5.69 Å². The van der Waals surface area contributed by atoms with Crippen LogP contribution in [0.5, 0.6) is 0 Å². The van der Waals surface area contributed by atoms with Crippen LogP contribution in [0.4, 0.5) is 4.39 Å². The van der Waals surface area contributed by atoms with Crippen LogP contribution in [0.1, 0.15) is 43.1 Å². The first-order valence-corrected chi connectivity index (χ1v) is 10.2. The third-order valence-corrected chi connectivity index (χ3v) is 5.75. The van der Waals surface area contributed by atoms with Crippen LogP contribution in [0.2, 0.25) is 5.02 Å². The van der Waals surface area contributed by atoms with Gasteiger partial charge in [0.1, 0.15) is 11.6 Å². The number of hydrogen-bond acceptors (Lipinski definition) is 6. The predicted octanol–water partition coefficient (Wildman–Crippen LogP) is 3.27. The molecule has 1 N–H and O–H groups in total. The highest BCUT2D eigenvalue weighted by Gasteiger charge is 2.21. The Morgan fingerprint density at radius 2 is 2.00 bits per heavy atom. The molecule has 0 amide bonds. The Hall–Kier alpha value is -2.91. The number of nitrogens with zero attached hydrogens (tertiary/aromatic N) is 7. The Kier molecular flexibility index (Phi) is 4.92. The molecule has 4 aromatic rings. The normalized spacial score (nSPS) is 19.4. The van der Waals surface area contributed by atoms with Gasteiger partial charge >= 0.3 is 0 Å². The summed E-state index contributed by atoms with van der Waals surface area (Å²) in [5.41, 5.74) is 2.49. The van der Waals surface area contributed by atoms with Crippen molar-refractivity contribution >= 4 is 22.8 Å². The molecule has 1 aliphatic carbocycles. The molecular formula is C20H19ClFN7O. The highest BCUT2D eigenvalue weighted by molar-refractivity contribution is 6.30. The summed E-state index contributed by atoms with van der Waals surface area (Å²) in [5.74, 6) is 0.0637. The van der Waals surface area contributed by atoms with E-state index in [9.17, 15) is 9.50 Å². The first-order valence-electron chi connectivity index (χ1n) is 9.80. The Labute approximate surface area is 176 Å². The van der Waals surface area contributed by atoms with E-state index in [2.05, 4.69) is 25.4 Å². The van der Waals surface area contributed by atoms with Gasteiger partial charge in [-0.15, -0.1) is 5.10 Å². The minimum absolute atomic E-state index is 0.0444. The number of hydrogen-bond donors (Lipinski definition) is 1. The van der Waals surface area contributed by atoms with Crippen molar-refractivity contribution in [2.75, 3.05) is 0 Å². The van der Waals surface area contributed by atoms with Gasteiger partial charge in [-0.25, -0.2) is 14.4 Å². The Morgan fingerprint density at radius 3 is 2.80 bits per heavy atom. The van der Waals surface area contributed by atoms with Crippen molar-refractivity contribution in [2.24, 2.45) is 0 Å². The molecule has 0 unspecified atom stereocenters. The van der Waals surface area contributed by atoms with Crippen molar-refractivity contribution in [2.45, 2.75) is 44.2 Å². The fourth-order valence-corrected chi connectivity index (χ4v) is 3.93. The summed E-state index contributed by atoms with van der Waals surface area (Å²) in [6.07, 6.45) is 9.22. The zero-order valence-electron chi connectivity index (χ0n) is 16.0. The van der Waals surface area contributed by atoms with Gasteiger partial charge in [0.2, 0.25) is 0 Å². The molecule has 1 saturated carbocycles. The molecule has 1 aromatic carbocycles. The molecule has 5 rings (SSSR count). The predicted molar refractivity (Wildman–Crippen MR) is 108 cm³/mol. The Morgan fingerprint density at radius 1 is 1.17 bits per heavy atom. The van der Waals surface area contributed by atoms with Gasteiger partial charge in [0.15, 0.2) is 11.2 Å². The van der Waals surface area contributed by atoms with Crippen molar-refractivity contribution in [1.29, 1.82) is 0 Å². The van der Waals surface area contributed by atoms with E-state index in [1.165, 1.54) is 16.8 Å². The average Bonchev–Trinajstić information content (AvgIpc) is 3.38. The number of aromatic nitrogens is 7. The lowest BCUT2D eigenvalue weighted by Crippen LogP contribution is -2.21. The molecule has 1 fully saturated rings. The molecule has 3 aromatic heterocycles. The number of fused-ring (bicyclic) bond motifs is 1. The smallest absolute Gasteiger partial charge is 0.187 e. The lowest BCUT2D eigenvalue weighted by Gasteiger charge is -2.25. The number of rotatable bonds is 4. The second-order valence-corrected chi connectivity index (χ2v) is 7.97. The first kappa shape index (κ1) is 19.1. The van der Waals surface area contributed by atoms with E-state index in [-0.39, 0.29) is 11.1 Å². The van der Waals surface area contributed by atoms with E-state index in [1.807, 2.05) is 17.1 Å². The number of aliphatic hydroxyl groups excluding tert-OH is 1. The second-order valence-electron chi connectivity index (χ2n) is 7.56. The average molecular weight is 428 g/mol. The van der Waals surface area contributed by atoms with Gasteiger partial charge in [-0.2, -0.15) is 9.78 Å². The summed E-state index contributed by atoms with van der Waals surface area (Å²) in [7, 11) is 0. The third-order valence-electron chi connectivity index (χ3n) is 5.45. The number of benzene rings is 1. The van der Waals surface area contributed by atoms with Gasteiger partial charge in [-0.3, -0.25) is 4.68 Å². The quantitative estimate of drug-likeness (QED) is 0.537. The van der Waals surface area contributed by atoms with Crippen LogP contribution in [0.25, 0.3) is 16.9 Å². The summed E-state index contributed by atoms with van der Waals surface area (Å²) >= 11 is 5.77. The summed E-state index contributed by atoms with van der Waals surface area (Å²) in [5, 5.41) is 22.4. The van der Waals surface area contributed by atoms with Crippen LogP contribution in [0.15, 0.2) is 36.8 Å². The number of halogens is 2. The minimum atomic E-state index is -0.533. The molecule has 8 nitrogen and oxygen atoms in total. The molecule has 0 atom stereocenters. The van der Waals surface area contributed by atoms with Gasteiger partial charge in [0.25, 0.3) is 0 Å². The van der Waals surface area contributed by atoms with Crippen LogP contribution in [-0.4, -0.2) is 46.0 Å². The van der Waals surface area contributed by atoms with Gasteiger partial charge in [-0.05, 0) is 43.4 Å². The Balaban J connectivity index is 1.40. The van der Waals surface area contributed by atoms with Crippen molar-refractivity contribution in [3.05, 3.63) is 59.0 Å². The lowest BCUT2D eigenvalue weighted by atomic mass is 9.93. The maximum Gasteiger partial charge on any atom is 0.187 e. The molecule has 154 valence electrons. The number of aliphatic hydroxyl groups is 1. The van der Waals surface area contributed by atoms with Gasteiger partial charge < -0.3 is 5.11 Å². The fourth-order valence-electron chi connectivity index (χ4n) is 3.81. The van der Waals surface area contributed by atoms with Crippen molar-refractivity contribution < 1.29 is 9.50 Å². The van der Waals surface area contributed by atoms with E-state index in [1.54, 1.807) is 12.3 Å². The summed E-state index contributed by atoms with van der Waals surface area (Å²) in [4.78, 5) is 8.97. The molecular weight excluding hydrogens is 409 g/mol. The second kappa shape index (κ2) is 7.73. The highest BCUT2D eigenvalue weighted by Crippen LogP contribution is 2.28. The SMILES string of the molecule is OC1CCC(n2cc(Cc3ncc4nnn(-c5ccc(Cl)c(F)c5)c4n3)cn2)CC1. The molecule has 0 radical (unpaired) electrons. The molecule has 3 heterocycles. The fraction of sp³-hybridized carbons (Fsp3) is 0.350. The molecule has 0 saturated heterocycles. The minimum Gasteiger partial charge on any atom is -0.393 e. The van der Waals surface area contributed by atoms with E-state index in [4.69, 9.17) is 11.6 Å². The van der Waals surface area contributed by atoms with Crippen LogP contribution >= 0.6 is 11.6 Å². The van der Waals surface area contributed by atoms with Gasteiger partial charge in [-0.1, -0.05) is 16.8 Å². The zero-order valence-corrected chi connectivity index (χ0v) is 16.7. The molecule has 0 aliphatic heterocycles. The van der Waals surface area contributed by atoms with E-state index >= 15 is 0 Å².